The fourth-order valence-corrected chi connectivity index (χ4v) is 5.81. The van der Waals surface area contributed by atoms with E-state index in [0.717, 1.165) is 45.6 Å². The maximum absolute atomic E-state index is 13.0. The molecule has 0 aromatic heterocycles. The molecule has 0 radical (unpaired) electrons. The lowest BCUT2D eigenvalue weighted by molar-refractivity contribution is -0.136. The third-order valence-electron chi connectivity index (χ3n) is 5.63. The summed E-state index contributed by atoms with van der Waals surface area (Å²) in [6.07, 6.45) is 2.50. The zero-order chi connectivity index (χ0) is 18.6. The molecule has 9 heteroatoms. The molecule has 3 aliphatic rings. The van der Waals surface area contributed by atoms with Crippen molar-refractivity contribution in [3.63, 3.8) is 0 Å². The van der Waals surface area contributed by atoms with Crippen LogP contribution >= 0.6 is 0 Å². The molecule has 1 amide bonds. The number of nitrogens with zero attached hydrogens (tertiary/aromatic N) is 3. The van der Waals surface area contributed by atoms with Gasteiger partial charge in [-0.05, 0) is 19.3 Å². The summed E-state index contributed by atoms with van der Waals surface area (Å²) in [4.78, 5) is 19.1. The minimum atomic E-state index is -3.03. The Hall–Kier alpha value is -0.740. The summed E-state index contributed by atoms with van der Waals surface area (Å²) in [7, 11) is -3.03. The van der Waals surface area contributed by atoms with Crippen LogP contribution in [0.1, 0.15) is 19.3 Å². The number of rotatable bonds is 7. The maximum Gasteiger partial charge on any atom is 0.237 e. The van der Waals surface area contributed by atoms with Crippen molar-refractivity contribution in [3.8, 4) is 0 Å². The van der Waals surface area contributed by atoms with E-state index in [9.17, 15) is 13.2 Å². The van der Waals surface area contributed by atoms with E-state index in [-0.39, 0.29) is 36.2 Å². The number of piperazine rings is 1. The Kier molecular flexibility index (Phi) is 6.90. The highest BCUT2D eigenvalue weighted by atomic mass is 32.2. The molecule has 8 nitrogen and oxygen atoms in total. The molecule has 3 aliphatic heterocycles. The second-order valence-corrected chi connectivity index (χ2v) is 9.81. The van der Waals surface area contributed by atoms with Crippen molar-refractivity contribution in [2.45, 2.75) is 31.4 Å². The molecule has 0 saturated carbocycles. The molecule has 1 N–H and O–H groups in total. The minimum absolute atomic E-state index is 0.0122. The second kappa shape index (κ2) is 8.97. The second-order valence-electron chi connectivity index (χ2n) is 7.58. The molecule has 0 aromatic rings. The fourth-order valence-electron chi connectivity index (χ4n) is 4.08. The van der Waals surface area contributed by atoms with Crippen LogP contribution in [-0.2, 0) is 19.4 Å². The Morgan fingerprint density at radius 1 is 1.15 bits per heavy atom. The van der Waals surface area contributed by atoms with Gasteiger partial charge >= 0.3 is 0 Å². The van der Waals surface area contributed by atoms with Crippen molar-refractivity contribution in [3.05, 3.63) is 0 Å². The first kappa shape index (κ1) is 20.0. The lowest BCUT2D eigenvalue weighted by atomic mass is 10.1. The van der Waals surface area contributed by atoms with Gasteiger partial charge in [-0.2, -0.15) is 0 Å². The molecular formula is C17H31N3O5S. The molecule has 3 saturated heterocycles. The van der Waals surface area contributed by atoms with E-state index in [1.165, 1.54) is 0 Å². The summed E-state index contributed by atoms with van der Waals surface area (Å²) in [5, 5.41) is 9.02. The van der Waals surface area contributed by atoms with Gasteiger partial charge in [0.1, 0.15) is 0 Å². The molecule has 0 bridgehead atoms. The number of ether oxygens (including phenoxy) is 1. The van der Waals surface area contributed by atoms with Crippen LogP contribution in [0, 0.1) is 0 Å². The van der Waals surface area contributed by atoms with Crippen LogP contribution < -0.4 is 0 Å². The fraction of sp³-hybridized carbons (Fsp3) is 0.941. The minimum Gasteiger partial charge on any atom is -0.395 e. The van der Waals surface area contributed by atoms with Crippen molar-refractivity contribution in [1.82, 2.24) is 14.7 Å². The maximum atomic E-state index is 13.0. The standard InChI is InChI=1S/C17H31N3O5S/c21-9-8-18-4-6-19(7-5-18)13-17(22)20(12-16-2-1-10-25-16)15-3-11-26(23,24)14-15/h15-16,21H,1-14H2. The predicted octanol–water partition coefficient (Wildman–Crippen LogP) is -1.21. The van der Waals surface area contributed by atoms with Crippen LogP contribution in [-0.4, -0.2) is 117 Å². The number of amides is 1. The quantitative estimate of drug-likeness (QED) is 0.584. The van der Waals surface area contributed by atoms with E-state index in [4.69, 9.17) is 9.84 Å². The van der Waals surface area contributed by atoms with E-state index >= 15 is 0 Å². The van der Waals surface area contributed by atoms with E-state index < -0.39 is 9.84 Å². The summed E-state index contributed by atoms with van der Waals surface area (Å²) in [6.45, 7) is 5.67. The van der Waals surface area contributed by atoms with Gasteiger partial charge in [0.2, 0.25) is 5.91 Å². The molecule has 3 fully saturated rings. The van der Waals surface area contributed by atoms with Gasteiger partial charge < -0.3 is 14.7 Å². The molecule has 0 aromatic carbocycles. The van der Waals surface area contributed by atoms with Crippen LogP contribution in [0.4, 0.5) is 0 Å². The number of sulfone groups is 1. The molecule has 26 heavy (non-hydrogen) atoms. The van der Waals surface area contributed by atoms with E-state index in [2.05, 4.69) is 9.80 Å². The zero-order valence-corrected chi connectivity index (χ0v) is 16.2. The first-order chi connectivity index (χ1) is 12.5. The molecule has 150 valence electrons. The first-order valence-electron chi connectivity index (χ1n) is 9.64. The lowest BCUT2D eigenvalue weighted by Gasteiger charge is -2.36. The van der Waals surface area contributed by atoms with Crippen molar-refractivity contribution in [2.24, 2.45) is 0 Å². The number of carbonyl (C=O) groups is 1. The Balaban J connectivity index is 1.57. The highest BCUT2D eigenvalue weighted by molar-refractivity contribution is 7.91. The average Bonchev–Trinajstić information content (AvgIpc) is 3.23. The van der Waals surface area contributed by atoms with Crippen LogP contribution in [0.5, 0.6) is 0 Å². The van der Waals surface area contributed by atoms with Crippen molar-refractivity contribution < 1.29 is 23.1 Å². The van der Waals surface area contributed by atoms with Crippen LogP contribution in [0.2, 0.25) is 0 Å². The Labute approximate surface area is 156 Å². The molecule has 0 aliphatic carbocycles. The van der Waals surface area contributed by atoms with Gasteiger partial charge in [0, 0.05) is 51.9 Å². The Bertz CT molecular complexity index is 571. The Morgan fingerprint density at radius 3 is 2.46 bits per heavy atom. The summed E-state index contributed by atoms with van der Waals surface area (Å²) in [5.74, 6) is 0.265. The summed E-state index contributed by atoms with van der Waals surface area (Å²) in [5.41, 5.74) is 0. The highest BCUT2D eigenvalue weighted by Crippen LogP contribution is 2.22. The van der Waals surface area contributed by atoms with Crippen LogP contribution in [0.15, 0.2) is 0 Å². The molecule has 3 heterocycles. The van der Waals surface area contributed by atoms with E-state index in [0.29, 0.717) is 26.1 Å². The molecule has 2 atom stereocenters. The number of aliphatic hydroxyl groups excluding tert-OH is 1. The average molecular weight is 390 g/mol. The lowest BCUT2D eigenvalue weighted by Crippen LogP contribution is -2.53. The van der Waals surface area contributed by atoms with Crippen LogP contribution in [0.25, 0.3) is 0 Å². The van der Waals surface area contributed by atoms with Gasteiger partial charge in [0.15, 0.2) is 9.84 Å². The topological polar surface area (TPSA) is 90.4 Å². The molecule has 3 rings (SSSR count). The zero-order valence-electron chi connectivity index (χ0n) is 15.4. The smallest absolute Gasteiger partial charge is 0.237 e. The normalized spacial score (nSPS) is 29.9. The van der Waals surface area contributed by atoms with Gasteiger partial charge in [-0.15, -0.1) is 0 Å². The van der Waals surface area contributed by atoms with E-state index in [1.807, 2.05) is 0 Å². The van der Waals surface area contributed by atoms with Gasteiger partial charge in [0.05, 0.1) is 30.8 Å². The number of carbonyl (C=O) groups excluding carboxylic acids is 1. The Morgan fingerprint density at radius 2 is 1.88 bits per heavy atom. The number of β-amino-alcohol motifs (C(OH)–C–C–N with tert-alkyl or cyclic N) is 1. The number of aliphatic hydroxyl groups is 1. The molecule has 0 spiro atoms. The summed E-state index contributed by atoms with van der Waals surface area (Å²) >= 11 is 0. The first-order valence-corrected chi connectivity index (χ1v) is 11.5. The number of hydrogen-bond acceptors (Lipinski definition) is 7. The van der Waals surface area contributed by atoms with Gasteiger partial charge in [-0.1, -0.05) is 0 Å². The monoisotopic (exact) mass is 389 g/mol. The van der Waals surface area contributed by atoms with Gasteiger partial charge in [0.25, 0.3) is 0 Å². The molecule has 2 unspecified atom stereocenters. The number of hydrogen-bond donors (Lipinski definition) is 1. The largest absolute Gasteiger partial charge is 0.395 e. The van der Waals surface area contributed by atoms with Crippen LogP contribution in [0.3, 0.4) is 0 Å². The van der Waals surface area contributed by atoms with Crippen molar-refractivity contribution >= 4 is 15.7 Å². The van der Waals surface area contributed by atoms with Crippen molar-refractivity contribution in [2.75, 3.05) is 70.5 Å². The van der Waals surface area contributed by atoms with E-state index in [1.54, 1.807) is 4.90 Å². The van der Waals surface area contributed by atoms with Gasteiger partial charge in [-0.25, -0.2) is 8.42 Å². The third-order valence-corrected chi connectivity index (χ3v) is 7.38. The van der Waals surface area contributed by atoms with Crippen molar-refractivity contribution in [1.29, 1.82) is 0 Å². The summed E-state index contributed by atoms with van der Waals surface area (Å²) < 4.78 is 29.5. The highest BCUT2D eigenvalue weighted by Gasteiger charge is 2.36. The summed E-state index contributed by atoms with van der Waals surface area (Å²) in [6, 6.07) is -0.215. The third kappa shape index (κ3) is 5.39. The predicted molar refractivity (Wildman–Crippen MR) is 97.7 cm³/mol. The molecular weight excluding hydrogens is 358 g/mol. The SMILES string of the molecule is O=C(CN1CCN(CCO)CC1)N(CC1CCCO1)C1CCS(=O)(=O)C1. The van der Waals surface area contributed by atoms with Gasteiger partial charge in [-0.3, -0.25) is 14.6 Å².